The number of likely N-dealkylation sites (tertiary alicyclic amines) is 1. The smallest absolute Gasteiger partial charge is 0.117 e. The van der Waals surface area contributed by atoms with E-state index in [2.05, 4.69) is 11.8 Å². The number of nitrogens with zero attached hydrogens (tertiary/aromatic N) is 1. The third kappa shape index (κ3) is 2.26. The Balaban J connectivity index is 1.66. The normalized spacial score (nSPS) is 61.7. The Morgan fingerprint density at radius 2 is 1.62 bits per heavy atom. The molecule has 7 bridgehead atoms. The summed E-state index contributed by atoms with van der Waals surface area (Å²) in [7, 11) is 6.61. The van der Waals surface area contributed by atoms with Gasteiger partial charge in [-0.25, -0.2) is 0 Å². The summed E-state index contributed by atoms with van der Waals surface area (Å²) in [6.45, 7) is 3.88. The van der Waals surface area contributed by atoms with E-state index in [1.54, 1.807) is 28.4 Å². The molecule has 1 aliphatic heterocycles. The van der Waals surface area contributed by atoms with Crippen molar-refractivity contribution in [2.45, 2.75) is 73.9 Å². The number of aliphatic hydroxyl groups excluding tert-OH is 2. The summed E-state index contributed by atoms with van der Waals surface area (Å²) in [6, 6.07) is -0.0636. The minimum absolute atomic E-state index is 0.0636. The van der Waals surface area contributed by atoms with Gasteiger partial charge in [-0.05, 0) is 18.9 Å². The van der Waals surface area contributed by atoms with E-state index < -0.39 is 46.3 Å². The summed E-state index contributed by atoms with van der Waals surface area (Å²) in [6.07, 6.45) is -2.06. The predicted molar refractivity (Wildman–Crippen MR) is 120 cm³/mol. The van der Waals surface area contributed by atoms with Gasteiger partial charge in [-0.15, -0.1) is 0 Å². The number of hydrogen-bond donors (Lipinski definition) is 4. The first-order valence-electron chi connectivity index (χ1n) is 12.8. The average Bonchev–Trinajstić information content (AvgIpc) is 3.17. The molecule has 1 spiro atoms. The zero-order chi connectivity index (χ0) is 24.4. The van der Waals surface area contributed by atoms with Crippen LogP contribution >= 0.6 is 0 Å². The van der Waals surface area contributed by atoms with Crippen LogP contribution in [0.2, 0.25) is 0 Å². The zero-order valence-electron chi connectivity index (χ0n) is 20.9. The molecular weight excluding hydrogens is 442 g/mol. The van der Waals surface area contributed by atoms with E-state index in [-0.39, 0.29) is 42.4 Å². The summed E-state index contributed by atoms with van der Waals surface area (Å²) in [5, 5.41) is 47.6. The van der Waals surface area contributed by atoms with Crippen LogP contribution in [-0.2, 0) is 18.9 Å². The maximum Gasteiger partial charge on any atom is 0.117 e. The second-order valence-corrected chi connectivity index (χ2v) is 12.0. The van der Waals surface area contributed by atoms with Crippen molar-refractivity contribution in [1.29, 1.82) is 0 Å². The van der Waals surface area contributed by atoms with Gasteiger partial charge in [-0.2, -0.15) is 0 Å². The molecule has 6 rings (SSSR count). The quantitative estimate of drug-likeness (QED) is 0.386. The molecule has 0 aromatic rings. The van der Waals surface area contributed by atoms with Gasteiger partial charge >= 0.3 is 0 Å². The first-order chi connectivity index (χ1) is 16.2. The molecule has 6 aliphatic rings. The molecule has 0 unspecified atom stereocenters. The number of hydrogen-bond acceptors (Lipinski definition) is 9. The average molecular weight is 484 g/mol. The van der Waals surface area contributed by atoms with Gasteiger partial charge in [-0.3, -0.25) is 4.90 Å². The van der Waals surface area contributed by atoms with Crippen LogP contribution in [0.3, 0.4) is 0 Å². The lowest BCUT2D eigenvalue weighted by Gasteiger charge is -2.70. The van der Waals surface area contributed by atoms with E-state index in [0.717, 1.165) is 6.54 Å². The van der Waals surface area contributed by atoms with Gasteiger partial charge in [0.2, 0.25) is 0 Å². The molecule has 9 heteroatoms. The molecule has 5 saturated carbocycles. The van der Waals surface area contributed by atoms with Crippen LogP contribution in [0.25, 0.3) is 0 Å². The third-order valence-electron chi connectivity index (χ3n) is 11.6. The monoisotopic (exact) mass is 483 g/mol. The molecule has 34 heavy (non-hydrogen) atoms. The summed E-state index contributed by atoms with van der Waals surface area (Å²) < 4.78 is 24.0. The molecule has 0 aromatic carbocycles. The van der Waals surface area contributed by atoms with Crippen LogP contribution in [-0.4, -0.2) is 121 Å². The van der Waals surface area contributed by atoms with Gasteiger partial charge in [0.05, 0.1) is 42.7 Å². The van der Waals surface area contributed by atoms with Crippen LogP contribution in [0.4, 0.5) is 0 Å². The van der Waals surface area contributed by atoms with Gasteiger partial charge in [0, 0.05) is 82.5 Å². The van der Waals surface area contributed by atoms with Gasteiger partial charge in [0.25, 0.3) is 0 Å². The van der Waals surface area contributed by atoms with Crippen molar-refractivity contribution in [3.63, 3.8) is 0 Å². The highest BCUT2D eigenvalue weighted by Crippen LogP contribution is 2.79. The zero-order valence-corrected chi connectivity index (χ0v) is 20.9. The Hall–Kier alpha value is -0.360. The van der Waals surface area contributed by atoms with E-state index in [0.29, 0.717) is 26.0 Å². The molecular formula is C25H41NO8. The number of piperidine rings is 1. The molecule has 1 saturated heterocycles. The SMILES string of the molecule is CCN1C[C@]2(COC)[C@H](O)C[C@H](OC)[C@@]34[C@@H]5C[C@]6(O)[C@@H](OC)C[C@@](O)([C@H]5[C@H]6O)[C@@H]([C@H](OC)[C@@H]23)[C@@H]14. The largest absolute Gasteiger partial charge is 0.392 e. The fourth-order valence-corrected chi connectivity index (χ4v) is 10.9. The second-order valence-electron chi connectivity index (χ2n) is 12.0. The number of fused-ring (bicyclic) bond motifs is 2. The van der Waals surface area contributed by atoms with E-state index >= 15 is 0 Å². The lowest BCUT2D eigenvalue weighted by Crippen LogP contribution is -2.78. The van der Waals surface area contributed by atoms with Crippen molar-refractivity contribution in [1.82, 2.24) is 4.90 Å². The molecule has 0 amide bonds. The Morgan fingerprint density at radius 3 is 2.21 bits per heavy atom. The van der Waals surface area contributed by atoms with Crippen molar-refractivity contribution in [3.05, 3.63) is 0 Å². The molecule has 6 fully saturated rings. The van der Waals surface area contributed by atoms with E-state index in [9.17, 15) is 20.4 Å². The molecule has 4 N–H and O–H groups in total. The second kappa shape index (κ2) is 7.36. The fraction of sp³-hybridized carbons (Fsp3) is 1.00. The van der Waals surface area contributed by atoms with Crippen molar-refractivity contribution in [3.8, 4) is 0 Å². The van der Waals surface area contributed by atoms with Crippen LogP contribution in [0.5, 0.6) is 0 Å². The van der Waals surface area contributed by atoms with E-state index in [1.807, 2.05) is 0 Å². The topological polar surface area (TPSA) is 121 Å². The molecule has 0 radical (unpaired) electrons. The minimum atomic E-state index is -1.43. The van der Waals surface area contributed by atoms with Crippen LogP contribution < -0.4 is 0 Å². The van der Waals surface area contributed by atoms with Gasteiger partial charge in [0.1, 0.15) is 5.60 Å². The lowest BCUT2D eigenvalue weighted by molar-refractivity contribution is -0.298. The van der Waals surface area contributed by atoms with E-state index in [4.69, 9.17) is 18.9 Å². The van der Waals surface area contributed by atoms with Gasteiger partial charge < -0.3 is 39.4 Å². The number of ether oxygens (including phenoxy) is 4. The van der Waals surface area contributed by atoms with E-state index in [1.165, 1.54) is 0 Å². The maximum absolute atomic E-state index is 12.6. The van der Waals surface area contributed by atoms with Crippen molar-refractivity contribution < 1.29 is 39.4 Å². The Labute approximate surface area is 201 Å². The van der Waals surface area contributed by atoms with Gasteiger partial charge in [-0.1, -0.05) is 6.92 Å². The summed E-state index contributed by atoms with van der Waals surface area (Å²) in [5.41, 5.74) is -3.83. The third-order valence-corrected chi connectivity index (χ3v) is 11.6. The number of aliphatic hydroxyl groups is 4. The van der Waals surface area contributed by atoms with Gasteiger partial charge in [0.15, 0.2) is 0 Å². The van der Waals surface area contributed by atoms with Crippen LogP contribution in [0.15, 0.2) is 0 Å². The lowest BCUT2D eigenvalue weighted by atomic mass is 9.42. The highest BCUT2D eigenvalue weighted by Gasteiger charge is 2.89. The maximum atomic E-state index is 12.6. The Bertz CT molecular complexity index is 846. The highest BCUT2D eigenvalue weighted by molar-refractivity contribution is 5.38. The van der Waals surface area contributed by atoms with Crippen LogP contribution in [0, 0.1) is 34.5 Å². The Kier molecular flexibility index (Phi) is 5.19. The van der Waals surface area contributed by atoms with Crippen molar-refractivity contribution in [2.75, 3.05) is 48.1 Å². The molecule has 0 aromatic heterocycles. The standard InChI is InChI=1S/C25H41NO8/c1-6-26-10-22(11-31-2)13(27)7-14(32-3)25-12-8-23(29)15(33-4)9-24(30,16(12)21(23)28)17(20(25)26)18(34-5)19(22)25/h12-21,27-30H,6-11H2,1-5H3/t12-,13-,14+,15+,16-,17+,18+,19+,20-,21-,22+,23+,24-,25+/m1/s1. The Morgan fingerprint density at radius 1 is 0.912 bits per heavy atom. The van der Waals surface area contributed by atoms with Crippen molar-refractivity contribution >= 4 is 0 Å². The highest BCUT2D eigenvalue weighted by atomic mass is 16.5. The molecule has 1 heterocycles. The van der Waals surface area contributed by atoms with Crippen molar-refractivity contribution in [2.24, 2.45) is 34.5 Å². The minimum Gasteiger partial charge on any atom is -0.392 e. The molecule has 9 nitrogen and oxygen atoms in total. The molecule has 14 atom stereocenters. The first kappa shape index (κ1) is 24.0. The van der Waals surface area contributed by atoms with Crippen LogP contribution in [0.1, 0.15) is 26.2 Å². The predicted octanol–water partition coefficient (Wildman–Crippen LogP) is -0.758. The molecule has 5 aliphatic carbocycles. The molecule has 194 valence electrons. The fourth-order valence-electron chi connectivity index (χ4n) is 10.9. The summed E-state index contributed by atoms with van der Waals surface area (Å²) in [5.74, 6) is -1.20. The first-order valence-corrected chi connectivity index (χ1v) is 12.8. The number of rotatable bonds is 6. The summed E-state index contributed by atoms with van der Waals surface area (Å²) in [4.78, 5) is 2.39. The summed E-state index contributed by atoms with van der Waals surface area (Å²) >= 11 is 0. The number of methoxy groups -OCH3 is 4.